The molecule has 4 heteroatoms. The fraction of sp³-hybridized carbons (Fsp3) is 0.500. The largest absolute Gasteiger partial charge is 0.477 e. The van der Waals surface area contributed by atoms with Gasteiger partial charge in [-0.25, -0.2) is 9.78 Å². The van der Waals surface area contributed by atoms with Gasteiger partial charge in [0.05, 0.1) is 0 Å². The Labute approximate surface area is 94.9 Å². The molecule has 0 saturated carbocycles. The third-order valence-corrected chi connectivity index (χ3v) is 3.06. The number of carboxylic acid groups (broad SMARTS) is 1. The second-order valence-electron chi connectivity index (χ2n) is 4.36. The van der Waals surface area contributed by atoms with Gasteiger partial charge in [0, 0.05) is 13.1 Å². The molecule has 1 saturated heterocycles. The van der Waals surface area contributed by atoms with E-state index in [4.69, 9.17) is 5.11 Å². The van der Waals surface area contributed by atoms with Gasteiger partial charge in [0.15, 0.2) is 5.69 Å². The van der Waals surface area contributed by atoms with Crippen molar-refractivity contribution in [3.05, 3.63) is 23.9 Å². The molecular formula is C12H16N2O2. The summed E-state index contributed by atoms with van der Waals surface area (Å²) in [5.74, 6) is 0.581. The van der Waals surface area contributed by atoms with E-state index in [-0.39, 0.29) is 5.69 Å². The molecule has 0 unspecified atom stereocenters. The molecule has 1 aromatic heterocycles. The molecule has 2 heterocycles. The molecule has 86 valence electrons. The number of anilines is 1. The zero-order valence-electron chi connectivity index (χ0n) is 9.39. The van der Waals surface area contributed by atoms with E-state index in [0.717, 1.165) is 37.7 Å². The Kier molecular flexibility index (Phi) is 3.08. The maximum absolute atomic E-state index is 10.8. The Hall–Kier alpha value is -1.58. The highest BCUT2D eigenvalue weighted by Gasteiger charge is 2.17. The van der Waals surface area contributed by atoms with E-state index in [1.165, 1.54) is 6.07 Å². The van der Waals surface area contributed by atoms with Crippen LogP contribution in [0.3, 0.4) is 0 Å². The van der Waals surface area contributed by atoms with E-state index in [1.807, 2.05) is 6.07 Å². The van der Waals surface area contributed by atoms with Gasteiger partial charge in [0.1, 0.15) is 5.82 Å². The molecule has 0 amide bonds. The van der Waals surface area contributed by atoms with E-state index < -0.39 is 5.97 Å². The fourth-order valence-electron chi connectivity index (χ4n) is 1.96. The third-order valence-electron chi connectivity index (χ3n) is 3.06. The summed E-state index contributed by atoms with van der Waals surface area (Å²) >= 11 is 0. The summed E-state index contributed by atoms with van der Waals surface area (Å²) in [6, 6.07) is 5.16. The lowest BCUT2D eigenvalue weighted by Crippen LogP contribution is -2.33. The molecule has 2 rings (SSSR count). The average molecular weight is 220 g/mol. The van der Waals surface area contributed by atoms with Crippen molar-refractivity contribution in [2.24, 2.45) is 5.92 Å². The monoisotopic (exact) mass is 220 g/mol. The van der Waals surface area contributed by atoms with Crippen LogP contribution in [0.4, 0.5) is 5.82 Å². The second kappa shape index (κ2) is 4.51. The molecule has 0 bridgehead atoms. The van der Waals surface area contributed by atoms with Gasteiger partial charge >= 0.3 is 5.97 Å². The number of aromatic nitrogens is 1. The number of hydrogen-bond acceptors (Lipinski definition) is 3. The summed E-state index contributed by atoms with van der Waals surface area (Å²) in [6.45, 7) is 4.19. The summed E-state index contributed by atoms with van der Waals surface area (Å²) in [7, 11) is 0. The lowest BCUT2D eigenvalue weighted by molar-refractivity contribution is 0.0690. The minimum Gasteiger partial charge on any atom is -0.477 e. The topological polar surface area (TPSA) is 53.4 Å². The first-order valence-electron chi connectivity index (χ1n) is 5.62. The van der Waals surface area contributed by atoms with Crippen LogP contribution >= 0.6 is 0 Å². The van der Waals surface area contributed by atoms with Gasteiger partial charge in [-0.2, -0.15) is 0 Å². The van der Waals surface area contributed by atoms with E-state index in [2.05, 4.69) is 16.8 Å². The van der Waals surface area contributed by atoms with Gasteiger partial charge in [-0.3, -0.25) is 0 Å². The first kappa shape index (κ1) is 10.9. The van der Waals surface area contributed by atoms with Gasteiger partial charge < -0.3 is 10.0 Å². The number of piperidine rings is 1. The van der Waals surface area contributed by atoms with Crippen molar-refractivity contribution in [3.8, 4) is 0 Å². The zero-order chi connectivity index (χ0) is 11.5. The lowest BCUT2D eigenvalue weighted by Gasteiger charge is -2.31. The van der Waals surface area contributed by atoms with Crippen LogP contribution in [-0.2, 0) is 0 Å². The van der Waals surface area contributed by atoms with Crippen LogP contribution in [0, 0.1) is 5.92 Å². The van der Waals surface area contributed by atoms with Gasteiger partial charge in [0.2, 0.25) is 0 Å². The van der Waals surface area contributed by atoms with E-state index in [9.17, 15) is 4.79 Å². The molecule has 1 aliphatic rings. The SMILES string of the molecule is CC1CCN(c2cccc(C(=O)O)n2)CC1. The Morgan fingerprint density at radius 1 is 1.44 bits per heavy atom. The molecule has 0 spiro atoms. The highest BCUT2D eigenvalue weighted by Crippen LogP contribution is 2.21. The molecule has 0 radical (unpaired) electrons. The number of pyridine rings is 1. The summed E-state index contributed by atoms with van der Waals surface area (Å²) in [6.07, 6.45) is 2.30. The first-order valence-corrected chi connectivity index (χ1v) is 5.62. The van der Waals surface area contributed by atoms with E-state index >= 15 is 0 Å². The summed E-state index contributed by atoms with van der Waals surface area (Å²) in [5, 5.41) is 8.87. The van der Waals surface area contributed by atoms with Crippen molar-refractivity contribution in [1.82, 2.24) is 4.98 Å². The van der Waals surface area contributed by atoms with Crippen LogP contribution in [0.15, 0.2) is 18.2 Å². The number of carbonyl (C=O) groups is 1. The normalized spacial score (nSPS) is 17.4. The van der Waals surface area contributed by atoms with Crippen molar-refractivity contribution < 1.29 is 9.90 Å². The quantitative estimate of drug-likeness (QED) is 0.828. The van der Waals surface area contributed by atoms with Crippen LogP contribution in [0.1, 0.15) is 30.3 Å². The molecule has 1 N–H and O–H groups in total. The van der Waals surface area contributed by atoms with Gasteiger partial charge in [0.25, 0.3) is 0 Å². The minimum absolute atomic E-state index is 0.121. The first-order chi connectivity index (χ1) is 7.66. The van der Waals surface area contributed by atoms with E-state index in [1.54, 1.807) is 6.07 Å². The third kappa shape index (κ3) is 2.32. The highest BCUT2D eigenvalue weighted by atomic mass is 16.4. The molecule has 1 fully saturated rings. The molecule has 16 heavy (non-hydrogen) atoms. The Morgan fingerprint density at radius 3 is 2.75 bits per heavy atom. The summed E-state index contributed by atoms with van der Waals surface area (Å²) in [4.78, 5) is 17.1. The fourth-order valence-corrected chi connectivity index (χ4v) is 1.96. The Bertz CT molecular complexity index is 384. The number of rotatable bonds is 2. The van der Waals surface area contributed by atoms with Crippen LogP contribution in [0.2, 0.25) is 0 Å². The lowest BCUT2D eigenvalue weighted by atomic mass is 9.99. The maximum Gasteiger partial charge on any atom is 0.354 e. The standard InChI is InChI=1S/C12H16N2O2/c1-9-5-7-14(8-6-9)11-4-2-3-10(13-11)12(15)16/h2-4,9H,5-8H2,1H3,(H,15,16). The number of carboxylic acids is 1. The van der Waals surface area contributed by atoms with Crippen molar-refractivity contribution in [2.45, 2.75) is 19.8 Å². The summed E-state index contributed by atoms with van der Waals surface area (Å²) < 4.78 is 0. The van der Waals surface area contributed by atoms with Crippen molar-refractivity contribution in [3.63, 3.8) is 0 Å². The smallest absolute Gasteiger partial charge is 0.354 e. The molecule has 0 atom stereocenters. The Morgan fingerprint density at radius 2 is 2.12 bits per heavy atom. The van der Waals surface area contributed by atoms with Crippen molar-refractivity contribution in [1.29, 1.82) is 0 Å². The minimum atomic E-state index is -0.966. The van der Waals surface area contributed by atoms with Crippen LogP contribution < -0.4 is 4.90 Å². The van der Waals surface area contributed by atoms with Gasteiger partial charge in [-0.05, 0) is 30.9 Å². The van der Waals surface area contributed by atoms with Crippen molar-refractivity contribution in [2.75, 3.05) is 18.0 Å². The number of nitrogens with zero attached hydrogens (tertiary/aromatic N) is 2. The molecule has 1 aliphatic heterocycles. The molecule has 0 aromatic carbocycles. The second-order valence-corrected chi connectivity index (χ2v) is 4.36. The predicted octanol–water partition coefficient (Wildman–Crippen LogP) is 2.02. The maximum atomic E-state index is 10.8. The molecule has 4 nitrogen and oxygen atoms in total. The molecule has 0 aliphatic carbocycles. The van der Waals surface area contributed by atoms with Gasteiger partial charge in [-0.15, -0.1) is 0 Å². The highest BCUT2D eigenvalue weighted by molar-refractivity contribution is 5.85. The number of aromatic carboxylic acids is 1. The predicted molar refractivity (Wildman–Crippen MR) is 61.8 cm³/mol. The number of hydrogen-bond donors (Lipinski definition) is 1. The van der Waals surface area contributed by atoms with Crippen LogP contribution in [0.25, 0.3) is 0 Å². The van der Waals surface area contributed by atoms with Gasteiger partial charge in [-0.1, -0.05) is 13.0 Å². The average Bonchev–Trinajstić information content (AvgIpc) is 2.30. The van der Waals surface area contributed by atoms with Crippen molar-refractivity contribution >= 4 is 11.8 Å². The zero-order valence-corrected chi connectivity index (χ0v) is 9.39. The Balaban J connectivity index is 2.14. The molecule has 1 aromatic rings. The van der Waals surface area contributed by atoms with E-state index in [0.29, 0.717) is 0 Å². The van der Waals surface area contributed by atoms with Crippen LogP contribution in [-0.4, -0.2) is 29.1 Å². The van der Waals surface area contributed by atoms with Crippen LogP contribution in [0.5, 0.6) is 0 Å². The summed E-state index contributed by atoms with van der Waals surface area (Å²) in [5.41, 5.74) is 0.121. The molecular weight excluding hydrogens is 204 g/mol.